The number of thiophene rings is 1. The van der Waals surface area contributed by atoms with Crippen LogP contribution in [-0.4, -0.2) is 23.1 Å². The summed E-state index contributed by atoms with van der Waals surface area (Å²) in [5.41, 5.74) is 0.159. The van der Waals surface area contributed by atoms with E-state index in [4.69, 9.17) is 0 Å². The van der Waals surface area contributed by atoms with Crippen LogP contribution in [0.15, 0.2) is 41.8 Å². The Morgan fingerprint density at radius 2 is 2.11 bits per heavy atom. The van der Waals surface area contributed by atoms with Gasteiger partial charge in [0.15, 0.2) is 0 Å². The minimum atomic E-state index is -0.450. The van der Waals surface area contributed by atoms with Gasteiger partial charge in [0.2, 0.25) is 0 Å². The third kappa shape index (κ3) is 2.40. The number of benzene rings is 1. The van der Waals surface area contributed by atoms with E-state index in [1.165, 1.54) is 6.07 Å². The smallest absolute Gasteiger partial charge is 0.258 e. The minimum absolute atomic E-state index is 0.0205. The van der Waals surface area contributed by atoms with Crippen LogP contribution in [0.1, 0.15) is 20.6 Å². The molecule has 1 aromatic carbocycles. The number of amides is 1. The van der Waals surface area contributed by atoms with Crippen molar-refractivity contribution in [2.45, 2.75) is 5.37 Å². The Kier molecular flexibility index (Phi) is 3.57. The van der Waals surface area contributed by atoms with Crippen molar-refractivity contribution in [3.05, 3.63) is 58.0 Å². The quantitative estimate of drug-likeness (QED) is 0.840. The van der Waals surface area contributed by atoms with Crippen LogP contribution in [0.5, 0.6) is 0 Å². The standard InChI is InChI=1S/C14H12FNOS2/c15-11-5-2-1-4-10(11)13(17)16-7-9-19-14(16)12-6-3-8-18-12/h1-6,8,14H,7,9H2. The van der Waals surface area contributed by atoms with Gasteiger partial charge in [-0.3, -0.25) is 4.79 Å². The van der Waals surface area contributed by atoms with Gasteiger partial charge in [0, 0.05) is 17.2 Å². The van der Waals surface area contributed by atoms with Gasteiger partial charge in [0.25, 0.3) is 5.91 Å². The van der Waals surface area contributed by atoms with E-state index in [0.717, 1.165) is 10.6 Å². The molecule has 2 nitrogen and oxygen atoms in total. The fourth-order valence-corrected chi connectivity index (χ4v) is 4.37. The van der Waals surface area contributed by atoms with Crippen molar-refractivity contribution < 1.29 is 9.18 Å². The fraction of sp³-hybridized carbons (Fsp3) is 0.214. The second-order valence-corrected chi connectivity index (χ2v) is 6.38. The third-order valence-corrected chi connectivity index (χ3v) is 5.36. The van der Waals surface area contributed by atoms with Crippen LogP contribution in [0.2, 0.25) is 0 Å². The summed E-state index contributed by atoms with van der Waals surface area (Å²) in [5, 5.41) is 2.02. The maximum Gasteiger partial charge on any atom is 0.258 e. The van der Waals surface area contributed by atoms with Crippen molar-refractivity contribution in [2.24, 2.45) is 0 Å². The lowest BCUT2D eigenvalue weighted by molar-refractivity contribution is 0.0757. The van der Waals surface area contributed by atoms with E-state index in [0.29, 0.717) is 6.54 Å². The molecule has 2 aromatic rings. The van der Waals surface area contributed by atoms with Gasteiger partial charge in [-0.25, -0.2) is 4.39 Å². The zero-order valence-electron chi connectivity index (χ0n) is 10.1. The first kappa shape index (κ1) is 12.7. The Morgan fingerprint density at radius 3 is 2.84 bits per heavy atom. The summed E-state index contributed by atoms with van der Waals surface area (Å²) < 4.78 is 13.7. The van der Waals surface area contributed by atoms with Gasteiger partial charge in [-0.1, -0.05) is 18.2 Å². The molecule has 0 aliphatic carbocycles. The normalized spacial score (nSPS) is 18.8. The van der Waals surface area contributed by atoms with Gasteiger partial charge >= 0.3 is 0 Å². The molecule has 1 aromatic heterocycles. The number of halogens is 1. The maximum atomic E-state index is 13.7. The number of carbonyl (C=O) groups excluding carboxylic acids is 1. The predicted molar refractivity (Wildman–Crippen MR) is 77.0 cm³/mol. The van der Waals surface area contributed by atoms with Crippen LogP contribution in [0.4, 0.5) is 4.39 Å². The highest BCUT2D eigenvalue weighted by Crippen LogP contribution is 2.40. The molecule has 0 spiro atoms. The minimum Gasteiger partial charge on any atom is -0.321 e. The van der Waals surface area contributed by atoms with E-state index in [9.17, 15) is 9.18 Å². The van der Waals surface area contributed by atoms with Crippen LogP contribution < -0.4 is 0 Å². The first-order valence-corrected chi connectivity index (χ1v) is 7.91. The van der Waals surface area contributed by atoms with Gasteiger partial charge in [0.05, 0.1) is 5.56 Å². The highest BCUT2D eigenvalue weighted by atomic mass is 32.2. The molecule has 0 saturated carbocycles. The molecule has 0 N–H and O–H groups in total. The highest BCUT2D eigenvalue weighted by molar-refractivity contribution is 7.99. The second kappa shape index (κ2) is 5.35. The Hall–Kier alpha value is -1.33. The largest absolute Gasteiger partial charge is 0.321 e. The Morgan fingerprint density at radius 1 is 1.26 bits per heavy atom. The number of hydrogen-bond acceptors (Lipinski definition) is 3. The summed E-state index contributed by atoms with van der Waals surface area (Å²) in [5.74, 6) is 0.221. The second-order valence-electron chi connectivity index (χ2n) is 4.22. The van der Waals surface area contributed by atoms with E-state index >= 15 is 0 Å². The average Bonchev–Trinajstić information content (AvgIpc) is 3.09. The molecule has 98 valence electrons. The fourth-order valence-electron chi connectivity index (χ4n) is 2.13. The Balaban J connectivity index is 1.89. The molecule has 1 aliphatic heterocycles. The Labute approximate surface area is 119 Å². The molecular formula is C14H12FNOS2. The number of hydrogen-bond donors (Lipinski definition) is 0. The van der Waals surface area contributed by atoms with Crippen molar-refractivity contribution in [2.75, 3.05) is 12.3 Å². The van der Waals surface area contributed by atoms with E-state index in [1.807, 2.05) is 17.5 Å². The zero-order chi connectivity index (χ0) is 13.2. The summed E-state index contributed by atoms with van der Waals surface area (Å²) in [6, 6.07) is 10.2. The van der Waals surface area contributed by atoms with Crippen LogP contribution in [-0.2, 0) is 0 Å². The maximum absolute atomic E-state index is 13.7. The lowest BCUT2D eigenvalue weighted by Gasteiger charge is -2.23. The summed E-state index contributed by atoms with van der Waals surface area (Å²) >= 11 is 3.36. The molecule has 1 aliphatic rings. The molecule has 1 amide bonds. The van der Waals surface area contributed by atoms with Crippen LogP contribution >= 0.6 is 23.1 Å². The first-order valence-electron chi connectivity index (χ1n) is 5.98. The molecule has 1 fully saturated rings. The molecule has 1 saturated heterocycles. The summed E-state index contributed by atoms with van der Waals surface area (Å²) in [6.07, 6.45) is 0. The average molecular weight is 293 g/mol. The van der Waals surface area contributed by atoms with E-state index in [2.05, 4.69) is 0 Å². The van der Waals surface area contributed by atoms with Crippen molar-refractivity contribution >= 4 is 29.0 Å². The molecule has 0 bridgehead atoms. The molecule has 5 heteroatoms. The monoisotopic (exact) mass is 293 g/mol. The third-order valence-electron chi connectivity index (χ3n) is 3.04. The lowest BCUT2D eigenvalue weighted by atomic mass is 10.2. The SMILES string of the molecule is O=C(c1ccccc1F)N1CCSC1c1cccs1. The van der Waals surface area contributed by atoms with Crippen LogP contribution in [0.25, 0.3) is 0 Å². The molecular weight excluding hydrogens is 281 g/mol. The summed E-state index contributed by atoms with van der Waals surface area (Å²) in [6.45, 7) is 0.667. The number of thioether (sulfide) groups is 1. The van der Waals surface area contributed by atoms with Crippen LogP contribution in [0.3, 0.4) is 0 Å². The molecule has 2 heterocycles. The van der Waals surface area contributed by atoms with Gasteiger partial charge in [-0.15, -0.1) is 23.1 Å². The van der Waals surface area contributed by atoms with Gasteiger partial charge in [-0.2, -0.15) is 0 Å². The van der Waals surface area contributed by atoms with Crippen LogP contribution in [0, 0.1) is 5.82 Å². The number of nitrogens with zero attached hydrogens (tertiary/aromatic N) is 1. The van der Waals surface area contributed by atoms with Crippen molar-refractivity contribution in [3.8, 4) is 0 Å². The van der Waals surface area contributed by atoms with Gasteiger partial charge in [0.1, 0.15) is 11.2 Å². The van der Waals surface area contributed by atoms with Crippen molar-refractivity contribution in [1.82, 2.24) is 4.90 Å². The summed E-state index contributed by atoms with van der Waals surface area (Å²) in [4.78, 5) is 15.4. The molecule has 3 rings (SSSR count). The highest BCUT2D eigenvalue weighted by Gasteiger charge is 2.32. The molecule has 19 heavy (non-hydrogen) atoms. The first-order chi connectivity index (χ1) is 9.27. The van der Waals surface area contributed by atoms with Gasteiger partial charge in [-0.05, 0) is 23.6 Å². The lowest BCUT2D eigenvalue weighted by Crippen LogP contribution is -2.30. The van der Waals surface area contributed by atoms with Crippen molar-refractivity contribution in [1.29, 1.82) is 0 Å². The van der Waals surface area contributed by atoms with E-state index in [-0.39, 0.29) is 16.8 Å². The van der Waals surface area contributed by atoms with Gasteiger partial charge < -0.3 is 4.90 Å². The topological polar surface area (TPSA) is 20.3 Å². The molecule has 1 unspecified atom stereocenters. The molecule has 1 atom stereocenters. The zero-order valence-corrected chi connectivity index (χ0v) is 11.7. The number of rotatable bonds is 2. The number of carbonyl (C=O) groups is 1. The van der Waals surface area contributed by atoms with Crippen molar-refractivity contribution in [3.63, 3.8) is 0 Å². The Bertz CT molecular complexity index is 585. The predicted octanol–water partition coefficient (Wildman–Crippen LogP) is 3.78. The van der Waals surface area contributed by atoms with E-state index in [1.54, 1.807) is 46.2 Å². The molecule has 0 radical (unpaired) electrons. The van der Waals surface area contributed by atoms with E-state index < -0.39 is 5.82 Å². The summed E-state index contributed by atoms with van der Waals surface area (Å²) in [7, 11) is 0.